The molecule has 1 fully saturated rings. The van der Waals surface area contributed by atoms with E-state index in [1.807, 2.05) is 0 Å². The van der Waals surface area contributed by atoms with Crippen LogP contribution in [-0.4, -0.2) is 58.4 Å². The van der Waals surface area contributed by atoms with E-state index in [0.717, 1.165) is 62.8 Å². The summed E-state index contributed by atoms with van der Waals surface area (Å²) in [5.41, 5.74) is 1.24. The second-order valence-corrected chi connectivity index (χ2v) is 10.0. The fourth-order valence-electron chi connectivity index (χ4n) is 3.14. The summed E-state index contributed by atoms with van der Waals surface area (Å²) < 4.78 is 60.7. The first-order chi connectivity index (χ1) is 14.9. The predicted octanol–water partition coefficient (Wildman–Crippen LogP) is 5.29. The van der Waals surface area contributed by atoms with Crippen LogP contribution in [0, 0.1) is 5.92 Å². The van der Waals surface area contributed by atoms with Gasteiger partial charge in [0.15, 0.2) is 9.84 Å². The Morgan fingerprint density at radius 3 is 2.06 bits per heavy atom. The number of piperidine rings is 1. The molecule has 1 aliphatic rings. The van der Waals surface area contributed by atoms with Crippen LogP contribution in [0.5, 0.6) is 5.75 Å². The van der Waals surface area contributed by atoms with E-state index in [1.54, 1.807) is 0 Å². The van der Waals surface area contributed by atoms with Crippen LogP contribution in [0.15, 0.2) is 34.3 Å². The van der Waals surface area contributed by atoms with Gasteiger partial charge in [-0.25, -0.2) is 8.42 Å². The number of sulfone groups is 1. The molecule has 1 heterocycles. The number of oxime groups is 1. The minimum atomic E-state index is -4.77. The third-order valence-electron chi connectivity index (χ3n) is 4.90. The molecule has 6 nitrogen and oxygen atoms in total. The Balaban J connectivity index is 0.000000323. The normalized spacial score (nSPS) is 15.5. The maximum atomic E-state index is 11.7. The highest BCUT2D eigenvalue weighted by Gasteiger charge is 2.31. The number of hydrogen-bond acceptors (Lipinski definition) is 6. The highest BCUT2D eigenvalue weighted by molar-refractivity contribution is 7.90. The molecule has 32 heavy (non-hydrogen) atoms. The topological polar surface area (TPSA) is 68.2 Å². The average Bonchev–Trinajstić information content (AvgIpc) is 2.69. The maximum Gasteiger partial charge on any atom is 0.573 e. The lowest BCUT2D eigenvalue weighted by atomic mass is 9.98. The quantitative estimate of drug-likeness (QED) is 0.355. The molecule has 0 atom stereocenters. The van der Waals surface area contributed by atoms with E-state index in [9.17, 15) is 21.6 Å². The fraction of sp³-hybridized carbons (Fsp3) is 0.682. The standard InChI is InChI=1S/C14H28N2O.C8H7F3O3S/c1-4-6-14(7-5-2)15-17-12-13-8-10-16(3)11-9-13;1-15(12,13)7-4-2-6(3-5-7)14-8(9,10)11/h13H,4-12H2,1-3H3;2-5H,1H3. The first-order valence-corrected chi connectivity index (χ1v) is 12.8. The Hall–Kier alpha value is -1.81. The third kappa shape index (κ3) is 12.3. The second-order valence-electron chi connectivity index (χ2n) is 7.99. The molecule has 1 aliphatic heterocycles. The smallest absolute Gasteiger partial charge is 0.406 e. The van der Waals surface area contributed by atoms with E-state index in [4.69, 9.17) is 4.84 Å². The molecule has 10 heteroatoms. The SMILES string of the molecule is CCCC(CCC)=NOCC1CCN(C)CC1.CS(=O)(=O)c1ccc(OC(F)(F)F)cc1. The van der Waals surface area contributed by atoms with Crippen molar-refractivity contribution in [1.82, 2.24) is 4.90 Å². The molecule has 0 aliphatic carbocycles. The van der Waals surface area contributed by atoms with Gasteiger partial charge in [0, 0.05) is 6.26 Å². The van der Waals surface area contributed by atoms with Crippen LogP contribution in [0.25, 0.3) is 0 Å². The van der Waals surface area contributed by atoms with Gasteiger partial charge in [-0.05, 0) is 76.0 Å². The number of alkyl halides is 3. The van der Waals surface area contributed by atoms with E-state index >= 15 is 0 Å². The molecule has 1 aromatic carbocycles. The van der Waals surface area contributed by atoms with Gasteiger partial charge in [-0.3, -0.25) is 0 Å². The minimum Gasteiger partial charge on any atom is -0.406 e. The Kier molecular flexibility index (Phi) is 12.1. The molecular formula is C22H35F3N2O4S. The van der Waals surface area contributed by atoms with Crippen molar-refractivity contribution in [3.8, 4) is 5.75 Å². The summed E-state index contributed by atoms with van der Waals surface area (Å²) in [4.78, 5) is 7.88. The maximum absolute atomic E-state index is 11.7. The van der Waals surface area contributed by atoms with E-state index in [1.165, 1.54) is 31.6 Å². The van der Waals surface area contributed by atoms with Gasteiger partial charge in [-0.2, -0.15) is 0 Å². The monoisotopic (exact) mass is 480 g/mol. The van der Waals surface area contributed by atoms with Crippen LogP contribution in [0.3, 0.4) is 0 Å². The molecule has 1 saturated heterocycles. The number of rotatable bonds is 9. The summed E-state index contributed by atoms with van der Waals surface area (Å²) in [7, 11) is -1.21. The van der Waals surface area contributed by atoms with Gasteiger partial charge in [0.25, 0.3) is 0 Å². The molecular weight excluding hydrogens is 445 g/mol. The number of halogens is 3. The van der Waals surface area contributed by atoms with Crippen molar-refractivity contribution in [2.75, 3.05) is 33.0 Å². The lowest BCUT2D eigenvalue weighted by Crippen LogP contribution is -2.31. The molecule has 184 valence electrons. The fourth-order valence-corrected chi connectivity index (χ4v) is 3.78. The van der Waals surface area contributed by atoms with Crippen molar-refractivity contribution in [2.45, 2.75) is 63.6 Å². The van der Waals surface area contributed by atoms with Crippen LogP contribution >= 0.6 is 0 Å². The minimum absolute atomic E-state index is 0.0583. The summed E-state index contributed by atoms with van der Waals surface area (Å²) in [5, 5.41) is 4.32. The summed E-state index contributed by atoms with van der Waals surface area (Å²) in [6, 6.07) is 4.00. The van der Waals surface area contributed by atoms with Gasteiger partial charge in [0.2, 0.25) is 0 Å². The Bertz CT molecular complexity index is 780. The van der Waals surface area contributed by atoms with E-state index < -0.39 is 21.9 Å². The van der Waals surface area contributed by atoms with Gasteiger partial charge in [0.1, 0.15) is 12.4 Å². The molecule has 0 saturated carbocycles. The van der Waals surface area contributed by atoms with E-state index in [2.05, 4.69) is 35.7 Å². The Morgan fingerprint density at radius 1 is 1.09 bits per heavy atom. The molecule has 0 radical (unpaired) electrons. The first kappa shape index (κ1) is 28.2. The van der Waals surface area contributed by atoms with Crippen molar-refractivity contribution >= 4 is 15.5 Å². The summed E-state index contributed by atoms with van der Waals surface area (Å²) in [6.07, 6.45) is 3.19. The van der Waals surface area contributed by atoms with Crippen LogP contribution < -0.4 is 4.74 Å². The van der Waals surface area contributed by atoms with E-state index in [0.29, 0.717) is 5.92 Å². The van der Waals surface area contributed by atoms with Crippen molar-refractivity contribution in [1.29, 1.82) is 0 Å². The molecule has 0 N–H and O–H groups in total. The zero-order chi connectivity index (χ0) is 24.2. The summed E-state index contributed by atoms with van der Waals surface area (Å²) >= 11 is 0. The van der Waals surface area contributed by atoms with Crippen molar-refractivity contribution in [3.05, 3.63) is 24.3 Å². The summed E-state index contributed by atoms with van der Waals surface area (Å²) in [6.45, 7) is 7.61. The number of nitrogens with zero attached hydrogens (tertiary/aromatic N) is 2. The van der Waals surface area contributed by atoms with Crippen molar-refractivity contribution < 1.29 is 31.2 Å². The van der Waals surface area contributed by atoms with Gasteiger partial charge in [-0.15, -0.1) is 13.2 Å². The number of ether oxygens (including phenoxy) is 1. The third-order valence-corrected chi connectivity index (χ3v) is 6.03. The first-order valence-electron chi connectivity index (χ1n) is 10.9. The Labute approximate surface area is 189 Å². The van der Waals surface area contributed by atoms with Crippen LogP contribution in [0.4, 0.5) is 13.2 Å². The number of likely N-dealkylation sites (tertiary alicyclic amines) is 1. The van der Waals surface area contributed by atoms with Crippen LogP contribution in [0.1, 0.15) is 52.4 Å². The highest BCUT2D eigenvalue weighted by Crippen LogP contribution is 2.23. The second kappa shape index (κ2) is 13.7. The molecule has 0 aromatic heterocycles. The number of hydrogen-bond donors (Lipinski definition) is 0. The molecule has 0 spiro atoms. The molecule has 0 unspecified atom stereocenters. The predicted molar refractivity (Wildman–Crippen MR) is 120 cm³/mol. The van der Waals surface area contributed by atoms with Crippen molar-refractivity contribution in [3.63, 3.8) is 0 Å². The summed E-state index contributed by atoms with van der Waals surface area (Å²) in [5.74, 6) is 0.259. The number of benzene rings is 1. The largest absolute Gasteiger partial charge is 0.573 e. The average molecular weight is 481 g/mol. The lowest BCUT2D eigenvalue weighted by molar-refractivity contribution is -0.274. The lowest BCUT2D eigenvalue weighted by Gasteiger charge is -2.27. The van der Waals surface area contributed by atoms with Gasteiger partial charge < -0.3 is 14.5 Å². The van der Waals surface area contributed by atoms with Gasteiger partial charge in [0.05, 0.1) is 10.6 Å². The van der Waals surface area contributed by atoms with Crippen molar-refractivity contribution in [2.24, 2.45) is 11.1 Å². The zero-order valence-electron chi connectivity index (χ0n) is 19.3. The van der Waals surface area contributed by atoms with Crippen LogP contribution in [-0.2, 0) is 14.7 Å². The highest BCUT2D eigenvalue weighted by atomic mass is 32.2. The van der Waals surface area contributed by atoms with Gasteiger partial charge in [-0.1, -0.05) is 31.8 Å². The van der Waals surface area contributed by atoms with Crippen LogP contribution in [0.2, 0.25) is 0 Å². The molecule has 2 rings (SSSR count). The molecule has 0 bridgehead atoms. The zero-order valence-corrected chi connectivity index (χ0v) is 20.1. The molecule has 1 aromatic rings. The van der Waals surface area contributed by atoms with Gasteiger partial charge >= 0.3 is 6.36 Å². The Morgan fingerprint density at radius 2 is 1.62 bits per heavy atom. The van der Waals surface area contributed by atoms with E-state index in [-0.39, 0.29) is 4.90 Å². The molecule has 0 amide bonds.